The standard InChI is InChI=1S/C24H32N4O3S/c1-30-13-10-26-8-6-18(7-9-26)16-28-23-19-4-2-3-5-21(19)32-17-20(23)22(25-28)24(29)27-11-14-31-15-12-27/h2-5,18H,6-17H2,1H3. The van der Waals surface area contributed by atoms with E-state index in [0.717, 1.165) is 62.6 Å². The Morgan fingerprint density at radius 2 is 1.97 bits per heavy atom. The van der Waals surface area contributed by atoms with Crippen LogP contribution in [0, 0.1) is 5.92 Å². The lowest BCUT2D eigenvalue weighted by Crippen LogP contribution is -2.41. The van der Waals surface area contributed by atoms with Gasteiger partial charge in [-0.25, -0.2) is 0 Å². The highest BCUT2D eigenvalue weighted by molar-refractivity contribution is 7.98. The Kier molecular flexibility index (Phi) is 6.83. The third kappa shape index (κ3) is 4.46. The predicted octanol–water partition coefficient (Wildman–Crippen LogP) is 2.99. The minimum atomic E-state index is 0.0534. The molecular weight excluding hydrogens is 424 g/mol. The Hall–Kier alpha value is -1.87. The second-order valence-corrected chi connectivity index (χ2v) is 9.84. The van der Waals surface area contributed by atoms with Gasteiger partial charge in [0.15, 0.2) is 5.69 Å². The largest absolute Gasteiger partial charge is 0.383 e. The number of piperidine rings is 1. The van der Waals surface area contributed by atoms with Crippen LogP contribution in [-0.4, -0.2) is 85.1 Å². The fraction of sp³-hybridized carbons (Fsp3) is 0.583. The first-order valence-corrected chi connectivity index (χ1v) is 12.6. The minimum Gasteiger partial charge on any atom is -0.383 e. The Bertz CT molecular complexity index is 949. The first-order valence-electron chi connectivity index (χ1n) is 11.6. The van der Waals surface area contributed by atoms with Gasteiger partial charge in [-0.3, -0.25) is 9.48 Å². The molecule has 0 saturated carbocycles. The van der Waals surface area contributed by atoms with Gasteiger partial charge >= 0.3 is 0 Å². The molecule has 172 valence electrons. The van der Waals surface area contributed by atoms with Gasteiger partial charge in [-0.15, -0.1) is 11.8 Å². The molecule has 0 N–H and O–H groups in total. The van der Waals surface area contributed by atoms with Gasteiger partial charge in [0.2, 0.25) is 0 Å². The fourth-order valence-corrected chi connectivity index (χ4v) is 6.02. The summed E-state index contributed by atoms with van der Waals surface area (Å²) >= 11 is 1.81. The SMILES string of the molecule is COCCN1CCC(Cn2nc(C(=O)N3CCOCC3)c3c2-c2ccccc2SC3)CC1. The number of fused-ring (bicyclic) bond motifs is 3. The van der Waals surface area contributed by atoms with Crippen molar-refractivity contribution in [1.29, 1.82) is 0 Å². The summed E-state index contributed by atoms with van der Waals surface area (Å²) in [6, 6.07) is 8.53. The van der Waals surface area contributed by atoms with Crippen LogP contribution in [0.25, 0.3) is 11.3 Å². The molecule has 2 fully saturated rings. The Balaban J connectivity index is 1.41. The number of carbonyl (C=O) groups is 1. The van der Waals surface area contributed by atoms with E-state index in [0.29, 0.717) is 37.9 Å². The molecule has 1 aromatic carbocycles. The summed E-state index contributed by atoms with van der Waals surface area (Å²) in [5, 5.41) is 4.97. The molecule has 1 amide bonds. The van der Waals surface area contributed by atoms with Crippen LogP contribution in [0.2, 0.25) is 0 Å². The average Bonchev–Trinajstić information content (AvgIpc) is 3.22. The molecule has 7 nitrogen and oxygen atoms in total. The average molecular weight is 457 g/mol. The summed E-state index contributed by atoms with van der Waals surface area (Å²) in [5.41, 5.74) is 4.10. The number of nitrogens with zero attached hydrogens (tertiary/aromatic N) is 4. The van der Waals surface area contributed by atoms with Gasteiger partial charge in [0.1, 0.15) is 0 Å². The van der Waals surface area contributed by atoms with E-state index in [-0.39, 0.29) is 5.91 Å². The number of methoxy groups -OCH3 is 1. The third-order valence-electron chi connectivity index (χ3n) is 6.82. The summed E-state index contributed by atoms with van der Waals surface area (Å²) in [6.07, 6.45) is 2.31. The van der Waals surface area contributed by atoms with E-state index < -0.39 is 0 Å². The predicted molar refractivity (Wildman–Crippen MR) is 125 cm³/mol. The zero-order chi connectivity index (χ0) is 21.9. The van der Waals surface area contributed by atoms with Crippen molar-refractivity contribution in [3.63, 3.8) is 0 Å². The van der Waals surface area contributed by atoms with E-state index in [9.17, 15) is 4.79 Å². The first kappa shape index (κ1) is 21.9. The van der Waals surface area contributed by atoms with Gasteiger partial charge < -0.3 is 19.3 Å². The lowest BCUT2D eigenvalue weighted by atomic mass is 9.96. The molecule has 0 spiro atoms. The number of rotatable bonds is 6. The molecule has 4 heterocycles. The number of carbonyl (C=O) groups excluding carboxylic acids is 1. The number of hydrogen-bond acceptors (Lipinski definition) is 6. The van der Waals surface area contributed by atoms with E-state index in [1.807, 2.05) is 16.7 Å². The Morgan fingerprint density at radius 3 is 2.75 bits per heavy atom. The normalized spacial score (nSPS) is 19.6. The van der Waals surface area contributed by atoms with Crippen LogP contribution < -0.4 is 0 Å². The third-order valence-corrected chi connectivity index (χ3v) is 7.92. The van der Waals surface area contributed by atoms with Gasteiger partial charge in [0.05, 0.1) is 25.5 Å². The first-order chi connectivity index (χ1) is 15.7. The van der Waals surface area contributed by atoms with Crippen LogP contribution >= 0.6 is 11.8 Å². The zero-order valence-electron chi connectivity index (χ0n) is 18.8. The lowest BCUT2D eigenvalue weighted by molar-refractivity contribution is 0.0297. The highest BCUT2D eigenvalue weighted by Gasteiger charge is 2.32. The van der Waals surface area contributed by atoms with Gasteiger partial charge in [-0.05, 0) is 37.9 Å². The van der Waals surface area contributed by atoms with Crippen LogP contribution in [0.1, 0.15) is 28.9 Å². The summed E-state index contributed by atoms with van der Waals surface area (Å²) < 4.78 is 12.8. The molecule has 0 radical (unpaired) electrons. The number of amides is 1. The van der Waals surface area contributed by atoms with Crippen molar-refractivity contribution >= 4 is 17.7 Å². The quantitative estimate of drug-likeness (QED) is 0.666. The van der Waals surface area contributed by atoms with Crippen molar-refractivity contribution in [3.05, 3.63) is 35.5 Å². The molecule has 0 bridgehead atoms. The van der Waals surface area contributed by atoms with Crippen molar-refractivity contribution in [2.75, 3.05) is 59.7 Å². The zero-order valence-corrected chi connectivity index (χ0v) is 19.6. The van der Waals surface area contributed by atoms with E-state index in [1.54, 1.807) is 7.11 Å². The van der Waals surface area contributed by atoms with Crippen molar-refractivity contribution in [2.24, 2.45) is 5.92 Å². The molecule has 32 heavy (non-hydrogen) atoms. The van der Waals surface area contributed by atoms with Crippen molar-refractivity contribution < 1.29 is 14.3 Å². The monoisotopic (exact) mass is 456 g/mol. The highest BCUT2D eigenvalue weighted by Crippen LogP contribution is 2.43. The van der Waals surface area contributed by atoms with E-state index >= 15 is 0 Å². The maximum atomic E-state index is 13.4. The number of aromatic nitrogens is 2. The number of morpholine rings is 1. The Morgan fingerprint density at radius 1 is 1.19 bits per heavy atom. The summed E-state index contributed by atoms with van der Waals surface area (Å²) in [4.78, 5) is 19.1. The van der Waals surface area contributed by atoms with Crippen LogP contribution in [0.3, 0.4) is 0 Å². The van der Waals surface area contributed by atoms with E-state index in [2.05, 4.69) is 33.8 Å². The van der Waals surface area contributed by atoms with Crippen molar-refractivity contribution in [2.45, 2.75) is 30.0 Å². The smallest absolute Gasteiger partial charge is 0.274 e. The molecule has 8 heteroatoms. The molecule has 3 aliphatic heterocycles. The number of ether oxygens (including phenoxy) is 2. The van der Waals surface area contributed by atoms with Gasteiger partial charge in [-0.2, -0.15) is 5.10 Å². The number of likely N-dealkylation sites (tertiary alicyclic amines) is 1. The van der Waals surface area contributed by atoms with Crippen LogP contribution in [-0.2, 0) is 21.8 Å². The molecule has 0 aliphatic carbocycles. The molecule has 0 atom stereocenters. The number of thioether (sulfide) groups is 1. The number of hydrogen-bond donors (Lipinski definition) is 0. The molecule has 0 unspecified atom stereocenters. The number of benzene rings is 1. The molecular formula is C24H32N4O3S. The van der Waals surface area contributed by atoms with Gasteiger partial charge in [-0.1, -0.05) is 18.2 Å². The van der Waals surface area contributed by atoms with E-state index in [4.69, 9.17) is 14.6 Å². The molecule has 2 aromatic rings. The summed E-state index contributed by atoms with van der Waals surface area (Å²) in [5.74, 6) is 1.43. The minimum absolute atomic E-state index is 0.0534. The topological polar surface area (TPSA) is 59.8 Å². The molecule has 1 aromatic heterocycles. The molecule has 3 aliphatic rings. The van der Waals surface area contributed by atoms with Crippen LogP contribution in [0.15, 0.2) is 29.2 Å². The lowest BCUT2D eigenvalue weighted by Gasteiger charge is -2.32. The Labute approximate surface area is 194 Å². The van der Waals surface area contributed by atoms with Crippen LogP contribution in [0.5, 0.6) is 0 Å². The van der Waals surface area contributed by atoms with Gasteiger partial charge in [0.25, 0.3) is 5.91 Å². The van der Waals surface area contributed by atoms with Crippen molar-refractivity contribution in [3.8, 4) is 11.3 Å². The highest BCUT2D eigenvalue weighted by atomic mass is 32.2. The molecule has 5 rings (SSSR count). The fourth-order valence-electron chi connectivity index (χ4n) is 4.95. The second kappa shape index (κ2) is 9.95. The second-order valence-electron chi connectivity index (χ2n) is 8.83. The van der Waals surface area contributed by atoms with Gasteiger partial charge in [0, 0.05) is 55.1 Å². The summed E-state index contributed by atoms with van der Waals surface area (Å²) in [7, 11) is 1.76. The summed E-state index contributed by atoms with van der Waals surface area (Å²) in [6.45, 7) is 7.36. The van der Waals surface area contributed by atoms with E-state index in [1.165, 1.54) is 10.5 Å². The molecule has 2 saturated heterocycles. The van der Waals surface area contributed by atoms with Crippen molar-refractivity contribution in [1.82, 2.24) is 19.6 Å². The van der Waals surface area contributed by atoms with Crippen LogP contribution in [0.4, 0.5) is 0 Å². The maximum Gasteiger partial charge on any atom is 0.274 e. The maximum absolute atomic E-state index is 13.4.